The summed E-state index contributed by atoms with van der Waals surface area (Å²) in [6, 6.07) is 3.59. The molecule has 0 aliphatic heterocycles. The fourth-order valence-corrected chi connectivity index (χ4v) is 1.51. The smallest absolute Gasteiger partial charge is 0.416 e. The van der Waals surface area contributed by atoms with E-state index in [-0.39, 0.29) is 11.3 Å². The van der Waals surface area contributed by atoms with E-state index in [0.29, 0.717) is 6.29 Å². The van der Waals surface area contributed by atoms with Gasteiger partial charge in [-0.15, -0.1) is 0 Å². The summed E-state index contributed by atoms with van der Waals surface area (Å²) >= 11 is 0. The molecule has 1 aromatic rings. The highest BCUT2D eigenvalue weighted by molar-refractivity contribution is 5.68. The van der Waals surface area contributed by atoms with Crippen molar-refractivity contribution in [3.63, 3.8) is 0 Å². The molecule has 1 rings (SSSR count). The largest absolute Gasteiger partial charge is 0.497 e. The standard InChI is InChI=1S/C12H13F3O2/c1-11(2,7-16)9-5-4-8(17-3)6-10(9)12(13,14)15/h4-7H,1-3H3. The molecule has 5 heteroatoms. The Morgan fingerprint density at radius 3 is 2.18 bits per heavy atom. The molecule has 0 aromatic heterocycles. The van der Waals surface area contributed by atoms with Gasteiger partial charge in [-0.25, -0.2) is 0 Å². The Balaban J connectivity index is 3.46. The number of rotatable bonds is 3. The Morgan fingerprint density at radius 1 is 1.18 bits per heavy atom. The molecule has 0 aliphatic rings. The summed E-state index contributed by atoms with van der Waals surface area (Å²) in [7, 11) is 1.29. The number of methoxy groups -OCH3 is 1. The van der Waals surface area contributed by atoms with Gasteiger partial charge in [-0.3, -0.25) is 0 Å². The fraction of sp³-hybridized carbons (Fsp3) is 0.417. The van der Waals surface area contributed by atoms with Gasteiger partial charge in [-0.05, 0) is 31.5 Å². The maximum Gasteiger partial charge on any atom is 0.416 e. The van der Waals surface area contributed by atoms with E-state index in [2.05, 4.69) is 0 Å². The van der Waals surface area contributed by atoms with Gasteiger partial charge in [0, 0.05) is 5.41 Å². The van der Waals surface area contributed by atoms with Crippen LogP contribution in [0, 0.1) is 0 Å². The van der Waals surface area contributed by atoms with Crippen molar-refractivity contribution in [1.82, 2.24) is 0 Å². The molecule has 0 saturated heterocycles. The van der Waals surface area contributed by atoms with E-state index in [4.69, 9.17) is 4.74 Å². The number of benzene rings is 1. The van der Waals surface area contributed by atoms with Crippen molar-refractivity contribution < 1.29 is 22.7 Å². The molecule has 0 radical (unpaired) electrons. The number of hydrogen-bond donors (Lipinski definition) is 0. The normalized spacial score (nSPS) is 12.4. The van der Waals surface area contributed by atoms with Gasteiger partial charge < -0.3 is 9.53 Å². The maximum absolute atomic E-state index is 12.9. The van der Waals surface area contributed by atoms with Gasteiger partial charge in [0.15, 0.2) is 0 Å². The first kappa shape index (κ1) is 13.5. The number of ether oxygens (including phenoxy) is 1. The lowest BCUT2D eigenvalue weighted by molar-refractivity contribution is -0.139. The van der Waals surface area contributed by atoms with Gasteiger partial charge in [0.05, 0.1) is 12.7 Å². The Kier molecular flexibility index (Phi) is 3.50. The number of alkyl halides is 3. The minimum Gasteiger partial charge on any atom is -0.497 e. The lowest BCUT2D eigenvalue weighted by Gasteiger charge is -2.23. The van der Waals surface area contributed by atoms with Crippen LogP contribution in [-0.4, -0.2) is 13.4 Å². The van der Waals surface area contributed by atoms with Crippen molar-refractivity contribution in [1.29, 1.82) is 0 Å². The van der Waals surface area contributed by atoms with E-state index in [1.807, 2.05) is 0 Å². The van der Waals surface area contributed by atoms with Crippen LogP contribution in [0.15, 0.2) is 18.2 Å². The van der Waals surface area contributed by atoms with Crippen molar-refractivity contribution in [2.24, 2.45) is 0 Å². The quantitative estimate of drug-likeness (QED) is 0.765. The van der Waals surface area contributed by atoms with Gasteiger partial charge >= 0.3 is 6.18 Å². The van der Waals surface area contributed by atoms with E-state index in [1.165, 1.54) is 33.1 Å². The number of carbonyl (C=O) groups excluding carboxylic acids is 1. The van der Waals surface area contributed by atoms with E-state index in [1.54, 1.807) is 0 Å². The van der Waals surface area contributed by atoms with E-state index < -0.39 is 17.2 Å². The predicted octanol–water partition coefficient (Wildman–Crippen LogP) is 3.19. The highest BCUT2D eigenvalue weighted by Gasteiger charge is 2.38. The molecular formula is C12H13F3O2. The number of aldehydes is 1. The van der Waals surface area contributed by atoms with Crippen LogP contribution in [0.3, 0.4) is 0 Å². The maximum atomic E-state index is 12.9. The minimum atomic E-state index is -4.51. The zero-order valence-electron chi connectivity index (χ0n) is 9.76. The second kappa shape index (κ2) is 4.39. The van der Waals surface area contributed by atoms with Crippen molar-refractivity contribution in [3.05, 3.63) is 29.3 Å². The van der Waals surface area contributed by atoms with Crippen LogP contribution in [0.25, 0.3) is 0 Å². The summed E-state index contributed by atoms with van der Waals surface area (Å²) in [6.45, 7) is 2.88. The summed E-state index contributed by atoms with van der Waals surface area (Å²) in [5.41, 5.74) is -2.08. The zero-order valence-corrected chi connectivity index (χ0v) is 9.76. The van der Waals surface area contributed by atoms with Crippen LogP contribution >= 0.6 is 0 Å². The molecule has 0 heterocycles. The third-order valence-corrected chi connectivity index (χ3v) is 2.52. The Labute approximate surface area is 97.4 Å². The first-order valence-corrected chi connectivity index (χ1v) is 4.94. The van der Waals surface area contributed by atoms with E-state index >= 15 is 0 Å². The van der Waals surface area contributed by atoms with Crippen molar-refractivity contribution in [2.75, 3.05) is 7.11 Å². The van der Waals surface area contributed by atoms with Crippen LogP contribution in [0.5, 0.6) is 5.75 Å². The SMILES string of the molecule is COc1ccc(C(C)(C)C=O)c(C(F)(F)F)c1. The summed E-state index contributed by atoms with van der Waals surface area (Å²) in [4.78, 5) is 10.9. The molecular weight excluding hydrogens is 233 g/mol. The molecule has 17 heavy (non-hydrogen) atoms. The van der Waals surface area contributed by atoms with E-state index in [0.717, 1.165) is 6.07 Å². The molecule has 0 N–H and O–H groups in total. The molecule has 2 nitrogen and oxygen atoms in total. The summed E-state index contributed by atoms with van der Waals surface area (Å²) in [6.07, 6.45) is -4.01. The van der Waals surface area contributed by atoms with Crippen LogP contribution < -0.4 is 4.74 Å². The summed E-state index contributed by atoms with van der Waals surface area (Å²) in [5.74, 6) is 0.114. The summed E-state index contributed by atoms with van der Waals surface area (Å²) < 4.78 is 43.3. The number of hydrogen-bond acceptors (Lipinski definition) is 2. The third kappa shape index (κ3) is 2.78. The molecule has 0 bridgehead atoms. The first-order valence-electron chi connectivity index (χ1n) is 4.94. The molecule has 0 atom stereocenters. The molecule has 0 fully saturated rings. The molecule has 0 aliphatic carbocycles. The highest BCUT2D eigenvalue weighted by Crippen LogP contribution is 2.38. The van der Waals surface area contributed by atoms with Gasteiger partial charge in [-0.1, -0.05) is 6.07 Å². The van der Waals surface area contributed by atoms with Gasteiger partial charge in [-0.2, -0.15) is 13.2 Å². The van der Waals surface area contributed by atoms with Crippen LogP contribution in [-0.2, 0) is 16.4 Å². The number of halogens is 3. The van der Waals surface area contributed by atoms with Gasteiger partial charge in [0.25, 0.3) is 0 Å². The second-order valence-electron chi connectivity index (χ2n) is 4.25. The predicted molar refractivity (Wildman–Crippen MR) is 57.1 cm³/mol. The fourth-order valence-electron chi connectivity index (χ4n) is 1.51. The first-order chi connectivity index (χ1) is 7.72. The average molecular weight is 246 g/mol. The zero-order chi connectivity index (χ0) is 13.3. The molecule has 1 aromatic carbocycles. The topological polar surface area (TPSA) is 26.3 Å². The van der Waals surface area contributed by atoms with Crippen molar-refractivity contribution in [2.45, 2.75) is 25.4 Å². The van der Waals surface area contributed by atoms with Crippen LogP contribution in [0.4, 0.5) is 13.2 Å². The lowest BCUT2D eigenvalue weighted by Crippen LogP contribution is -2.24. The Bertz CT molecular complexity index is 422. The second-order valence-corrected chi connectivity index (χ2v) is 4.25. The highest BCUT2D eigenvalue weighted by atomic mass is 19.4. The molecule has 0 saturated carbocycles. The number of carbonyl (C=O) groups is 1. The van der Waals surface area contributed by atoms with Gasteiger partial charge in [0.1, 0.15) is 12.0 Å². The van der Waals surface area contributed by atoms with Crippen molar-refractivity contribution in [3.8, 4) is 5.75 Å². The molecule has 0 spiro atoms. The van der Waals surface area contributed by atoms with Crippen LogP contribution in [0.2, 0.25) is 0 Å². The van der Waals surface area contributed by atoms with E-state index in [9.17, 15) is 18.0 Å². The average Bonchev–Trinajstić information content (AvgIpc) is 2.27. The lowest BCUT2D eigenvalue weighted by atomic mass is 9.83. The van der Waals surface area contributed by atoms with Gasteiger partial charge in [0.2, 0.25) is 0 Å². The Hall–Kier alpha value is -1.52. The Morgan fingerprint density at radius 2 is 1.76 bits per heavy atom. The van der Waals surface area contributed by atoms with Crippen molar-refractivity contribution >= 4 is 6.29 Å². The third-order valence-electron chi connectivity index (χ3n) is 2.52. The summed E-state index contributed by atoms with van der Waals surface area (Å²) in [5, 5.41) is 0. The molecule has 0 unspecified atom stereocenters. The molecule has 94 valence electrons. The molecule has 0 amide bonds. The minimum absolute atomic E-state index is 0.0548. The monoisotopic (exact) mass is 246 g/mol. The van der Waals surface area contributed by atoms with Crippen LogP contribution in [0.1, 0.15) is 25.0 Å².